The van der Waals surface area contributed by atoms with Gasteiger partial charge in [0.2, 0.25) is 0 Å². The van der Waals surface area contributed by atoms with E-state index in [-0.39, 0.29) is 18.2 Å². The average molecular weight is 356 g/mol. The van der Waals surface area contributed by atoms with E-state index in [1.165, 1.54) is 6.20 Å². The van der Waals surface area contributed by atoms with Crippen molar-refractivity contribution < 1.29 is 14.3 Å². The molecule has 2 heterocycles. The lowest BCUT2D eigenvalue weighted by atomic mass is 10.2. The van der Waals surface area contributed by atoms with Crippen LogP contribution in [0.2, 0.25) is 0 Å². The minimum atomic E-state index is -0.497. The van der Waals surface area contributed by atoms with Gasteiger partial charge in [-0.15, -0.1) is 0 Å². The molecule has 1 aliphatic rings. The maximum absolute atomic E-state index is 12.2. The third-order valence-electron chi connectivity index (χ3n) is 4.16. The summed E-state index contributed by atoms with van der Waals surface area (Å²) < 4.78 is 5.29. The second-order valence-electron chi connectivity index (χ2n) is 6.16. The van der Waals surface area contributed by atoms with Crippen LogP contribution in [0, 0.1) is 6.92 Å². The molecule has 1 aliphatic heterocycles. The summed E-state index contributed by atoms with van der Waals surface area (Å²) in [5.41, 5.74) is 0.392. The van der Waals surface area contributed by atoms with Crippen LogP contribution in [0.15, 0.2) is 41.3 Å². The van der Waals surface area contributed by atoms with Gasteiger partial charge < -0.3 is 19.9 Å². The number of hydrogen-bond donors (Lipinski definition) is 2. The van der Waals surface area contributed by atoms with Crippen molar-refractivity contribution in [3.8, 4) is 0 Å². The van der Waals surface area contributed by atoms with E-state index >= 15 is 0 Å². The van der Waals surface area contributed by atoms with Crippen LogP contribution in [0.4, 0.5) is 4.79 Å². The number of hydrogen-bond acceptors (Lipinski definition) is 5. The Morgan fingerprint density at radius 1 is 1.35 bits per heavy atom. The summed E-state index contributed by atoms with van der Waals surface area (Å²) in [6.07, 6.45) is 1.44. The maximum Gasteiger partial charge on any atom is 0.410 e. The van der Waals surface area contributed by atoms with E-state index in [1.807, 2.05) is 30.3 Å². The Morgan fingerprint density at radius 3 is 2.85 bits per heavy atom. The molecule has 8 heteroatoms. The standard InChI is InChI=1S/C18H20N4O4/c1-12-19-9-15(16(23)20-12)17(24)21-14-7-8-22(10-14)18(25)26-11-13-5-3-2-4-6-13/h2-6,9,14H,7-8,10-11H2,1H3,(H,21,24)(H,19,20,23)/t14-/m1/s1. The molecular formula is C18H20N4O4. The van der Waals surface area contributed by atoms with Crippen LogP contribution >= 0.6 is 0 Å². The maximum atomic E-state index is 12.2. The highest BCUT2D eigenvalue weighted by atomic mass is 16.6. The van der Waals surface area contributed by atoms with Gasteiger partial charge in [-0.3, -0.25) is 9.59 Å². The molecule has 1 atom stereocenters. The fraction of sp³-hybridized carbons (Fsp3) is 0.333. The number of benzene rings is 1. The summed E-state index contributed by atoms with van der Waals surface area (Å²) in [5.74, 6) is -0.0528. The van der Waals surface area contributed by atoms with Gasteiger partial charge >= 0.3 is 6.09 Å². The lowest BCUT2D eigenvalue weighted by molar-refractivity contribution is 0.0920. The summed E-state index contributed by atoms with van der Waals surface area (Å²) in [7, 11) is 0. The Morgan fingerprint density at radius 2 is 2.12 bits per heavy atom. The van der Waals surface area contributed by atoms with Crippen molar-refractivity contribution in [1.29, 1.82) is 0 Å². The largest absolute Gasteiger partial charge is 0.445 e. The van der Waals surface area contributed by atoms with Crippen molar-refractivity contribution in [2.75, 3.05) is 13.1 Å². The van der Waals surface area contributed by atoms with Crippen LogP contribution in [0.5, 0.6) is 0 Å². The first-order valence-corrected chi connectivity index (χ1v) is 8.35. The van der Waals surface area contributed by atoms with Crippen molar-refractivity contribution in [3.05, 3.63) is 63.8 Å². The van der Waals surface area contributed by atoms with E-state index in [9.17, 15) is 14.4 Å². The number of carbonyl (C=O) groups is 2. The fourth-order valence-electron chi connectivity index (χ4n) is 2.76. The normalized spacial score (nSPS) is 16.3. The highest BCUT2D eigenvalue weighted by Gasteiger charge is 2.29. The molecule has 1 aromatic heterocycles. The van der Waals surface area contributed by atoms with Gasteiger partial charge in [0.05, 0.1) is 0 Å². The first-order chi connectivity index (χ1) is 12.5. The van der Waals surface area contributed by atoms with Crippen molar-refractivity contribution >= 4 is 12.0 Å². The Hall–Kier alpha value is -3.16. The summed E-state index contributed by atoms with van der Waals surface area (Å²) >= 11 is 0. The van der Waals surface area contributed by atoms with Crippen LogP contribution in [0.1, 0.15) is 28.2 Å². The molecule has 2 N–H and O–H groups in total. The predicted molar refractivity (Wildman–Crippen MR) is 93.7 cm³/mol. The van der Waals surface area contributed by atoms with Gasteiger partial charge in [-0.2, -0.15) is 0 Å². The number of aromatic nitrogens is 2. The zero-order chi connectivity index (χ0) is 18.5. The fourth-order valence-corrected chi connectivity index (χ4v) is 2.76. The molecule has 0 saturated carbocycles. The monoisotopic (exact) mass is 356 g/mol. The number of nitrogens with one attached hydrogen (secondary N) is 2. The van der Waals surface area contributed by atoms with Crippen molar-refractivity contribution in [1.82, 2.24) is 20.2 Å². The van der Waals surface area contributed by atoms with Gasteiger partial charge in [0, 0.05) is 25.3 Å². The molecule has 0 bridgehead atoms. The van der Waals surface area contributed by atoms with E-state index in [2.05, 4.69) is 15.3 Å². The lowest BCUT2D eigenvalue weighted by Crippen LogP contribution is -2.40. The Labute approximate surface area is 150 Å². The number of amides is 2. The summed E-state index contributed by atoms with van der Waals surface area (Å²) in [6.45, 7) is 2.67. The summed E-state index contributed by atoms with van der Waals surface area (Å²) in [6, 6.07) is 9.19. The van der Waals surface area contributed by atoms with Crippen LogP contribution in [0.3, 0.4) is 0 Å². The number of H-pyrrole nitrogens is 1. The Bertz CT molecular complexity index is 850. The molecule has 3 rings (SSSR count). The second kappa shape index (κ2) is 7.81. The first kappa shape index (κ1) is 17.7. The number of aromatic amines is 1. The van der Waals surface area contributed by atoms with E-state index in [0.29, 0.717) is 25.3 Å². The van der Waals surface area contributed by atoms with Crippen molar-refractivity contribution in [2.24, 2.45) is 0 Å². The number of carbonyl (C=O) groups excluding carboxylic acids is 2. The van der Waals surface area contributed by atoms with E-state index in [4.69, 9.17) is 4.74 Å². The molecule has 136 valence electrons. The first-order valence-electron chi connectivity index (χ1n) is 8.35. The molecule has 0 spiro atoms. The van der Waals surface area contributed by atoms with Crippen LogP contribution < -0.4 is 10.9 Å². The van der Waals surface area contributed by atoms with Gasteiger partial charge in [0.1, 0.15) is 18.0 Å². The molecule has 1 aromatic carbocycles. The van der Waals surface area contributed by atoms with Crippen LogP contribution in [-0.2, 0) is 11.3 Å². The van der Waals surface area contributed by atoms with Gasteiger partial charge in [0.25, 0.3) is 11.5 Å². The molecule has 26 heavy (non-hydrogen) atoms. The smallest absolute Gasteiger partial charge is 0.410 e. The average Bonchev–Trinajstić information content (AvgIpc) is 3.09. The molecule has 0 aliphatic carbocycles. The lowest BCUT2D eigenvalue weighted by Gasteiger charge is -2.17. The Kier molecular flexibility index (Phi) is 5.31. The molecule has 1 fully saturated rings. The molecule has 0 radical (unpaired) electrons. The number of nitrogens with zero attached hydrogens (tertiary/aromatic N) is 2. The Balaban J connectivity index is 1.51. The summed E-state index contributed by atoms with van der Waals surface area (Å²) in [5, 5.41) is 2.77. The number of likely N-dealkylation sites (tertiary alicyclic amines) is 1. The van der Waals surface area contributed by atoms with E-state index in [0.717, 1.165) is 5.56 Å². The number of aryl methyl sites for hydroxylation is 1. The van der Waals surface area contributed by atoms with Crippen LogP contribution in [-0.4, -0.2) is 46.0 Å². The topological polar surface area (TPSA) is 104 Å². The molecule has 2 aromatic rings. The predicted octanol–water partition coefficient (Wildman–Crippen LogP) is 1.22. The molecule has 2 amide bonds. The summed E-state index contributed by atoms with van der Waals surface area (Å²) in [4.78, 5) is 44.1. The third kappa shape index (κ3) is 4.27. The van der Waals surface area contributed by atoms with Crippen molar-refractivity contribution in [2.45, 2.75) is 26.0 Å². The molecular weight excluding hydrogens is 336 g/mol. The highest BCUT2D eigenvalue weighted by molar-refractivity contribution is 5.93. The minimum absolute atomic E-state index is 0.0410. The molecule has 1 saturated heterocycles. The highest BCUT2D eigenvalue weighted by Crippen LogP contribution is 2.12. The molecule has 0 unspecified atom stereocenters. The zero-order valence-electron chi connectivity index (χ0n) is 14.4. The SMILES string of the molecule is Cc1ncc(C(=O)N[C@@H]2CCN(C(=O)OCc3ccccc3)C2)c(=O)[nH]1. The number of ether oxygens (including phenoxy) is 1. The van der Waals surface area contributed by atoms with Gasteiger partial charge in [0.15, 0.2) is 0 Å². The van der Waals surface area contributed by atoms with Crippen molar-refractivity contribution in [3.63, 3.8) is 0 Å². The third-order valence-corrected chi connectivity index (χ3v) is 4.16. The quantitative estimate of drug-likeness (QED) is 0.857. The van der Waals surface area contributed by atoms with E-state index in [1.54, 1.807) is 11.8 Å². The van der Waals surface area contributed by atoms with Gasteiger partial charge in [-0.25, -0.2) is 9.78 Å². The van der Waals surface area contributed by atoms with Gasteiger partial charge in [-0.1, -0.05) is 30.3 Å². The van der Waals surface area contributed by atoms with Gasteiger partial charge in [-0.05, 0) is 18.9 Å². The number of rotatable bonds is 4. The van der Waals surface area contributed by atoms with E-state index < -0.39 is 17.6 Å². The second-order valence-corrected chi connectivity index (χ2v) is 6.16. The molecule has 8 nitrogen and oxygen atoms in total. The van der Waals surface area contributed by atoms with Crippen LogP contribution in [0.25, 0.3) is 0 Å². The minimum Gasteiger partial charge on any atom is -0.445 e. The zero-order valence-corrected chi connectivity index (χ0v) is 14.4.